The molecule has 0 N–H and O–H groups in total. The molecule has 2 aromatic rings. The molecule has 0 aromatic heterocycles. The molecule has 2 aromatic carbocycles. The molecule has 0 amide bonds. The maximum atomic E-state index is 13.1. The molecule has 120 valence electrons. The van der Waals surface area contributed by atoms with Crippen LogP contribution in [0.3, 0.4) is 0 Å². The molecule has 1 atom stereocenters. The van der Waals surface area contributed by atoms with Gasteiger partial charge in [0, 0.05) is 10.6 Å². The van der Waals surface area contributed by atoms with Gasteiger partial charge in [-0.25, -0.2) is 4.99 Å². The van der Waals surface area contributed by atoms with Crippen LogP contribution in [0.15, 0.2) is 59.6 Å². The number of hydrogen-bond donors (Lipinski definition) is 0. The van der Waals surface area contributed by atoms with E-state index in [2.05, 4.69) is 4.99 Å². The average Bonchev–Trinajstić information content (AvgIpc) is 2.92. The summed E-state index contributed by atoms with van der Waals surface area (Å²) in [5, 5.41) is 0.457. The first kappa shape index (κ1) is 15.9. The Hall–Kier alpha value is -2.01. The van der Waals surface area contributed by atoms with E-state index in [-0.39, 0.29) is 12.4 Å². The molecule has 0 bridgehead atoms. The highest BCUT2D eigenvalue weighted by molar-refractivity contribution is 6.30. The zero-order valence-electron chi connectivity index (χ0n) is 12.0. The van der Waals surface area contributed by atoms with Crippen LogP contribution in [0.1, 0.15) is 17.5 Å². The first-order valence-corrected chi connectivity index (χ1v) is 7.37. The third kappa shape index (κ3) is 3.50. The molecule has 0 fully saturated rings. The zero-order chi connectivity index (χ0) is 16.5. The van der Waals surface area contributed by atoms with Crippen LogP contribution in [0.2, 0.25) is 5.02 Å². The standard InChI is InChI=1S/C17H13ClF3NO/c18-14-8-6-13(7-9-14)16(10-17(19,20)21)11-22-15(23-16)12-4-2-1-3-5-12/h1-9H,10-11H2. The molecule has 3 rings (SSSR count). The number of hydrogen-bond acceptors (Lipinski definition) is 2. The average molecular weight is 340 g/mol. The Bertz CT molecular complexity index is 713. The summed E-state index contributed by atoms with van der Waals surface area (Å²) in [6.07, 6.45) is -5.48. The van der Waals surface area contributed by atoms with E-state index in [0.29, 0.717) is 16.1 Å². The number of nitrogens with zero attached hydrogens (tertiary/aromatic N) is 1. The SMILES string of the molecule is FC(F)(F)CC1(c2ccc(Cl)cc2)CN=C(c2ccccc2)O1. The van der Waals surface area contributed by atoms with E-state index in [1.807, 2.05) is 6.07 Å². The van der Waals surface area contributed by atoms with Crippen molar-refractivity contribution in [1.82, 2.24) is 0 Å². The molecule has 1 aliphatic rings. The lowest BCUT2D eigenvalue weighted by atomic mass is 9.90. The maximum Gasteiger partial charge on any atom is 0.393 e. The predicted molar refractivity (Wildman–Crippen MR) is 82.7 cm³/mol. The fourth-order valence-electron chi connectivity index (χ4n) is 2.60. The van der Waals surface area contributed by atoms with Crippen molar-refractivity contribution < 1.29 is 17.9 Å². The molecule has 0 saturated carbocycles. The lowest BCUT2D eigenvalue weighted by Gasteiger charge is -2.30. The zero-order valence-corrected chi connectivity index (χ0v) is 12.7. The normalized spacial score (nSPS) is 21.0. The van der Waals surface area contributed by atoms with E-state index >= 15 is 0 Å². The van der Waals surface area contributed by atoms with Gasteiger partial charge in [-0.1, -0.05) is 41.9 Å². The molecule has 0 aliphatic carbocycles. The van der Waals surface area contributed by atoms with Crippen LogP contribution in [0.5, 0.6) is 0 Å². The molecular weight excluding hydrogens is 327 g/mol. The Morgan fingerprint density at radius 2 is 1.70 bits per heavy atom. The second kappa shape index (κ2) is 5.89. The Labute approximate surface area is 136 Å². The van der Waals surface area contributed by atoms with Crippen LogP contribution in [-0.2, 0) is 10.3 Å². The summed E-state index contributed by atoms with van der Waals surface area (Å²) < 4.78 is 45.0. The van der Waals surface area contributed by atoms with Crippen molar-refractivity contribution in [3.05, 3.63) is 70.7 Å². The number of ether oxygens (including phenoxy) is 1. The minimum Gasteiger partial charge on any atom is -0.464 e. The van der Waals surface area contributed by atoms with Gasteiger partial charge >= 0.3 is 6.18 Å². The Balaban J connectivity index is 1.95. The number of halogens is 4. The molecule has 1 aliphatic heterocycles. The molecular formula is C17H13ClF3NO. The van der Waals surface area contributed by atoms with Gasteiger partial charge in [-0.3, -0.25) is 0 Å². The Morgan fingerprint density at radius 1 is 1.04 bits per heavy atom. The van der Waals surface area contributed by atoms with Gasteiger partial charge in [0.2, 0.25) is 5.90 Å². The summed E-state index contributed by atoms with van der Waals surface area (Å²) in [5.74, 6) is 0.227. The largest absolute Gasteiger partial charge is 0.464 e. The molecule has 0 spiro atoms. The number of aliphatic imine (C=N–C) groups is 1. The second-order valence-electron chi connectivity index (χ2n) is 5.38. The summed E-state index contributed by atoms with van der Waals surface area (Å²) in [5.41, 5.74) is -0.479. The van der Waals surface area contributed by atoms with Gasteiger partial charge < -0.3 is 4.74 Å². The van der Waals surface area contributed by atoms with E-state index in [0.717, 1.165) is 0 Å². The quantitative estimate of drug-likeness (QED) is 0.774. The molecule has 0 radical (unpaired) electrons. The van der Waals surface area contributed by atoms with Gasteiger partial charge in [-0.2, -0.15) is 13.2 Å². The third-order valence-electron chi connectivity index (χ3n) is 3.65. The first-order valence-electron chi connectivity index (χ1n) is 7.00. The van der Waals surface area contributed by atoms with Crippen LogP contribution < -0.4 is 0 Å². The van der Waals surface area contributed by atoms with Crippen LogP contribution in [0.4, 0.5) is 13.2 Å². The van der Waals surface area contributed by atoms with Crippen molar-refractivity contribution >= 4 is 17.5 Å². The van der Waals surface area contributed by atoms with Crippen molar-refractivity contribution in [2.45, 2.75) is 18.2 Å². The molecule has 0 saturated heterocycles. The van der Waals surface area contributed by atoms with Gasteiger partial charge in [0.1, 0.15) is 0 Å². The fourth-order valence-corrected chi connectivity index (χ4v) is 2.73. The molecule has 6 heteroatoms. The summed E-state index contributed by atoms with van der Waals surface area (Å²) in [7, 11) is 0. The minimum absolute atomic E-state index is 0.0850. The Morgan fingerprint density at radius 3 is 2.30 bits per heavy atom. The fraction of sp³-hybridized carbons (Fsp3) is 0.235. The highest BCUT2D eigenvalue weighted by Crippen LogP contribution is 2.41. The number of rotatable bonds is 3. The monoisotopic (exact) mass is 339 g/mol. The molecule has 2 nitrogen and oxygen atoms in total. The predicted octanol–water partition coefficient (Wildman–Crippen LogP) is 4.96. The van der Waals surface area contributed by atoms with E-state index in [9.17, 15) is 13.2 Å². The number of alkyl halides is 3. The molecule has 23 heavy (non-hydrogen) atoms. The maximum absolute atomic E-state index is 13.1. The summed E-state index contributed by atoms with van der Waals surface area (Å²) in [6, 6.07) is 15.1. The lowest BCUT2D eigenvalue weighted by molar-refractivity contribution is -0.170. The van der Waals surface area contributed by atoms with Crippen molar-refractivity contribution in [1.29, 1.82) is 0 Å². The summed E-state index contributed by atoms with van der Waals surface area (Å²) in [6.45, 7) is -0.0850. The van der Waals surface area contributed by atoms with Gasteiger partial charge in [0.15, 0.2) is 5.60 Å². The van der Waals surface area contributed by atoms with Gasteiger partial charge in [0.05, 0.1) is 13.0 Å². The van der Waals surface area contributed by atoms with Crippen molar-refractivity contribution in [2.24, 2.45) is 4.99 Å². The van der Waals surface area contributed by atoms with E-state index in [4.69, 9.17) is 16.3 Å². The van der Waals surface area contributed by atoms with Crippen molar-refractivity contribution in [3.8, 4) is 0 Å². The Kier molecular flexibility index (Phi) is 4.06. The van der Waals surface area contributed by atoms with Crippen LogP contribution in [-0.4, -0.2) is 18.6 Å². The van der Waals surface area contributed by atoms with Crippen molar-refractivity contribution in [2.75, 3.05) is 6.54 Å². The van der Waals surface area contributed by atoms with Crippen LogP contribution >= 0.6 is 11.6 Å². The van der Waals surface area contributed by atoms with Gasteiger partial charge in [-0.15, -0.1) is 0 Å². The second-order valence-corrected chi connectivity index (χ2v) is 5.82. The minimum atomic E-state index is -4.37. The van der Waals surface area contributed by atoms with Gasteiger partial charge in [-0.05, 0) is 29.8 Å². The van der Waals surface area contributed by atoms with E-state index in [1.54, 1.807) is 48.5 Å². The number of benzene rings is 2. The van der Waals surface area contributed by atoms with E-state index < -0.39 is 18.2 Å². The highest BCUT2D eigenvalue weighted by atomic mass is 35.5. The summed E-state index contributed by atoms with van der Waals surface area (Å²) in [4.78, 5) is 4.20. The molecule has 1 heterocycles. The smallest absolute Gasteiger partial charge is 0.393 e. The summed E-state index contributed by atoms with van der Waals surface area (Å²) >= 11 is 5.83. The first-order chi connectivity index (χ1) is 10.9. The topological polar surface area (TPSA) is 21.6 Å². The highest BCUT2D eigenvalue weighted by Gasteiger charge is 2.49. The van der Waals surface area contributed by atoms with E-state index in [1.165, 1.54) is 0 Å². The molecule has 1 unspecified atom stereocenters. The van der Waals surface area contributed by atoms with Crippen molar-refractivity contribution in [3.63, 3.8) is 0 Å². The van der Waals surface area contributed by atoms with Crippen LogP contribution in [0, 0.1) is 0 Å². The third-order valence-corrected chi connectivity index (χ3v) is 3.90. The van der Waals surface area contributed by atoms with Crippen LogP contribution in [0.25, 0.3) is 0 Å². The van der Waals surface area contributed by atoms with Gasteiger partial charge in [0.25, 0.3) is 0 Å². The lowest BCUT2D eigenvalue weighted by Crippen LogP contribution is -2.36.